The molecule has 0 spiro atoms. The molecule has 0 fully saturated rings. The molecule has 12 heavy (non-hydrogen) atoms. The average Bonchev–Trinajstić information content (AvgIpc) is 2.49. The number of rotatable bonds is 3. The second-order valence-corrected chi connectivity index (χ2v) is 3.42. The van der Waals surface area contributed by atoms with E-state index in [4.69, 9.17) is 10.2 Å². The molecular formula is C10H17NO. The van der Waals surface area contributed by atoms with Crippen LogP contribution in [-0.4, -0.2) is 0 Å². The lowest BCUT2D eigenvalue weighted by atomic mass is 9.97. The van der Waals surface area contributed by atoms with Gasteiger partial charge in [0.15, 0.2) is 0 Å². The quantitative estimate of drug-likeness (QED) is 0.751. The van der Waals surface area contributed by atoms with Crippen LogP contribution in [0.15, 0.2) is 16.7 Å². The Morgan fingerprint density at radius 2 is 2.17 bits per heavy atom. The third kappa shape index (κ3) is 1.69. The summed E-state index contributed by atoms with van der Waals surface area (Å²) in [6.07, 6.45) is 2.64. The molecule has 0 aromatic carbocycles. The van der Waals surface area contributed by atoms with Crippen molar-refractivity contribution in [3.05, 3.63) is 23.7 Å². The Bertz CT molecular complexity index is 240. The molecule has 0 amide bonds. The summed E-state index contributed by atoms with van der Waals surface area (Å²) in [5, 5.41) is 0. The number of aryl methyl sites for hydroxylation is 1. The molecule has 0 saturated heterocycles. The van der Waals surface area contributed by atoms with Crippen molar-refractivity contribution < 1.29 is 4.42 Å². The Hall–Kier alpha value is -0.760. The van der Waals surface area contributed by atoms with E-state index in [0.717, 1.165) is 17.7 Å². The van der Waals surface area contributed by atoms with Crippen molar-refractivity contribution >= 4 is 0 Å². The molecule has 0 aliphatic heterocycles. The number of hydrogen-bond acceptors (Lipinski definition) is 2. The highest BCUT2D eigenvalue weighted by Gasteiger charge is 2.15. The molecule has 0 aliphatic rings. The van der Waals surface area contributed by atoms with Crippen LogP contribution in [-0.2, 0) is 6.42 Å². The van der Waals surface area contributed by atoms with Crippen LogP contribution in [0.4, 0.5) is 0 Å². The van der Waals surface area contributed by atoms with Crippen LogP contribution in [0.1, 0.15) is 38.1 Å². The van der Waals surface area contributed by atoms with E-state index in [0.29, 0.717) is 5.92 Å². The summed E-state index contributed by atoms with van der Waals surface area (Å²) < 4.78 is 5.31. The molecule has 0 aliphatic carbocycles. The first kappa shape index (κ1) is 9.33. The SMILES string of the molecule is CCc1occc1[C@@H](N)C(C)C. The molecule has 0 saturated carbocycles. The lowest BCUT2D eigenvalue weighted by Gasteiger charge is -2.14. The summed E-state index contributed by atoms with van der Waals surface area (Å²) in [5.74, 6) is 1.49. The Morgan fingerprint density at radius 1 is 1.50 bits per heavy atom. The second-order valence-electron chi connectivity index (χ2n) is 3.42. The molecule has 68 valence electrons. The zero-order valence-corrected chi connectivity index (χ0v) is 8.00. The first-order valence-corrected chi connectivity index (χ1v) is 4.48. The Kier molecular flexibility index (Phi) is 2.93. The van der Waals surface area contributed by atoms with Gasteiger partial charge in [-0.2, -0.15) is 0 Å². The van der Waals surface area contributed by atoms with Gasteiger partial charge in [-0.1, -0.05) is 20.8 Å². The number of nitrogens with two attached hydrogens (primary N) is 1. The van der Waals surface area contributed by atoms with Crippen molar-refractivity contribution in [2.45, 2.75) is 33.2 Å². The highest BCUT2D eigenvalue weighted by atomic mass is 16.3. The number of hydrogen-bond donors (Lipinski definition) is 1. The molecule has 1 aromatic heterocycles. The first-order valence-electron chi connectivity index (χ1n) is 4.48. The molecule has 2 nitrogen and oxygen atoms in total. The Morgan fingerprint density at radius 3 is 2.67 bits per heavy atom. The van der Waals surface area contributed by atoms with Crippen LogP contribution in [0.3, 0.4) is 0 Å². The van der Waals surface area contributed by atoms with E-state index < -0.39 is 0 Å². The molecule has 0 radical (unpaired) electrons. The molecule has 1 rings (SSSR count). The van der Waals surface area contributed by atoms with E-state index in [1.54, 1.807) is 6.26 Å². The smallest absolute Gasteiger partial charge is 0.108 e. The van der Waals surface area contributed by atoms with E-state index in [-0.39, 0.29) is 6.04 Å². The highest BCUT2D eigenvalue weighted by molar-refractivity contribution is 5.21. The Balaban J connectivity index is 2.86. The van der Waals surface area contributed by atoms with E-state index in [9.17, 15) is 0 Å². The third-order valence-corrected chi connectivity index (χ3v) is 2.18. The molecule has 0 bridgehead atoms. The maximum Gasteiger partial charge on any atom is 0.108 e. The third-order valence-electron chi connectivity index (χ3n) is 2.18. The summed E-state index contributed by atoms with van der Waals surface area (Å²) in [4.78, 5) is 0. The van der Waals surface area contributed by atoms with Gasteiger partial charge in [0.05, 0.1) is 6.26 Å². The standard InChI is InChI=1S/C10H17NO/c1-4-9-8(5-6-12-9)10(11)7(2)3/h5-7,10H,4,11H2,1-3H3/t10-/m0/s1. The minimum absolute atomic E-state index is 0.110. The van der Waals surface area contributed by atoms with Crippen LogP contribution < -0.4 is 5.73 Å². The van der Waals surface area contributed by atoms with Crippen LogP contribution in [0.2, 0.25) is 0 Å². The predicted molar refractivity (Wildman–Crippen MR) is 49.9 cm³/mol. The van der Waals surface area contributed by atoms with E-state index in [2.05, 4.69) is 20.8 Å². The van der Waals surface area contributed by atoms with Gasteiger partial charge in [0.2, 0.25) is 0 Å². The summed E-state index contributed by atoms with van der Waals surface area (Å²) in [6, 6.07) is 2.09. The largest absolute Gasteiger partial charge is 0.469 e. The van der Waals surface area contributed by atoms with Crippen molar-refractivity contribution in [3.63, 3.8) is 0 Å². The van der Waals surface area contributed by atoms with Crippen molar-refractivity contribution in [3.8, 4) is 0 Å². The predicted octanol–water partition coefficient (Wildman–Crippen LogP) is 2.50. The highest BCUT2D eigenvalue weighted by Crippen LogP contribution is 2.23. The zero-order chi connectivity index (χ0) is 9.14. The van der Waals surface area contributed by atoms with Gasteiger partial charge in [-0.25, -0.2) is 0 Å². The minimum atomic E-state index is 0.110. The topological polar surface area (TPSA) is 39.2 Å². The number of furan rings is 1. The van der Waals surface area contributed by atoms with Gasteiger partial charge in [-0.05, 0) is 12.0 Å². The molecule has 1 heterocycles. The van der Waals surface area contributed by atoms with Crippen molar-refractivity contribution in [2.24, 2.45) is 11.7 Å². The average molecular weight is 167 g/mol. The monoisotopic (exact) mass is 167 g/mol. The maximum absolute atomic E-state index is 6.00. The molecule has 2 N–H and O–H groups in total. The molecular weight excluding hydrogens is 150 g/mol. The molecule has 1 aromatic rings. The summed E-state index contributed by atoms with van der Waals surface area (Å²) in [5.41, 5.74) is 7.16. The summed E-state index contributed by atoms with van der Waals surface area (Å²) in [7, 11) is 0. The van der Waals surface area contributed by atoms with Crippen molar-refractivity contribution in [2.75, 3.05) is 0 Å². The van der Waals surface area contributed by atoms with E-state index in [1.165, 1.54) is 0 Å². The van der Waals surface area contributed by atoms with Gasteiger partial charge in [0, 0.05) is 18.0 Å². The molecule has 1 atom stereocenters. The molecule has 0 unspecified atom stereocenters. The fraction of sp³-hybridized carbons (Fsp3) is 0.600. The lowest BCUT2D eigenvalue weighted by molar-refractivity contribution is 0.474. The first-order chi connectivity index (χ1) is 5.66. The Labute approximate surface area is 73.8 Å². The van der Waals surface area contributed by atoms with Crippen LogP contribution >= 0.6 is 0 Å². The van der Waals surface area contributed by atoms with Gasteiger partial charge >= 0.3 is 0 Å². The maximum atomic E-state index is 6.00. The summed E-state index contributed by atoms with van der Waals surface area (Å²) in [6.45, 7) is 6.32. The van der Waals surface area contributed by atoms with Gasteiger partial charge in [0.1, 0.15) is 5.76 Å². The van der Waals surface area contributed by atoms with Gasteiger partial charge in [-0.15, -0.1) is 0 Å². The van der Waals surface area contributed by atoms with E-state index in [1.807, 2.05) is 6.07 Å². The molecule has 2 heteroatoms. The van der Waals surface area contributed by atoms with Gasteiger partial charge in [-0.3, -0.25) is 0 Å². The van der Waals surface area contributed by atoms with Crippen LogP contribution in [0.25, 0.3) is 0 Å². The lowest BCUT2D eigenvalue weighted by Crippen LogP contribution is -2.17. The van der Waals surface area contributed by atoms with Gasteiger partial charge < -0.3 is 10.2 Å². The van der Waals surface area contributed by atoms with Gasteiger partial charge in [0.25, 0.3) is 0 Å². The van der Waals surface area contributed by atoms with Crippen molar-refractivity contribution in [1.82, 2.24) is 0 Å². The fourth-order valence-corrected chi connectivity index (χ4v) is 1.29. The van der Waals surface area contributed by atoms with E-state index >= 15 is 0 Å². The van der Waals surface area contributed by atoms with Crippen LogP contribution in [0.5, 0.6) is 0 Å². The van der Waals surface area contributed by atoms with Crippen molar-refractivity contribution in [1.29, 1.82) is 0 Å². The second kappa shape index (κ2) is 3.76. The normalized spacial score (nSPS) is 13.8. The fourth-order valence-electron chi connectivity index (χ4n) is 1.29. The minimum Gasteiger partial charge on any atom is -0.469 e. The zero-order valence-electron chi connectivity index (χ0n) is 8.00. The van der Waals surface area contributed by atoms with Crippen LogP contribution in [0, 0.1) is 5.92 Å². The summed E-state index contributed by atoms with van der Waals surface area (Å²) >= 11 is 0.